The number of anilines is 1. The van der Waals surface area contributed by atoms with Gasteiger partial charge in [0.1, 0.15) is 44.1 Å². The molecule has 1 fully saturated rings. The maximum Gasteiger partial charge on any atom is 0.243 e. The Morgan fingerprint density at radius 2 is 2.09 bits per heavy atom. The number of carbonyl (C=O) groups is 1. The topological polar surface area (TPSA) is 145 Å². The van der Waals surface area contributed by atoms with Crippen molar-refractivity contribution in [1.29, 1.82) is 0 Å². The summed E-state index contributed by atoms with van der Waals surface area (Å²) in [6.45, 7) is 4.33. The van der Waals surface area contributed by atoms with E-state index in [0.29, 0.717) is 12.2 Å². The van der Waals surface area contributed by atoms with Crippen LogP contribution in [0.4, 0.5) is 5.82 Å². The van der Waals surface area contributed by atoms with Gasteiger partial charge in [0.25, 0.3) is 0 Å². The summed E-state index contributed by atoms with van der Waals surface area (Å²) >= 11 is 0. The number of nitrogens with one attached hydrogen (secondary N) is 2. The average Bonchev–Trinajstić information content (AvgIpc) is 3.07. The van der Waals surface area contributed by atoms with Gasteiger partial charge in [0.2, 0.25) is 11.6 Å². The van der Waals surface area contributed by atoms with E-state index in [1.807, 2.05) is 0 Å². The molecule has 3 rings (SSSR count). The molecule has 118 valence electrons. The predicted octanol–water partition coefficient (Wildman–Crippen LogP) is -5.49. The highest BCUT2D eigenvalue weighted by atomic mass is 16.6. The fraction of sp³-hybridized carbons (Fsp3) is 0.545. The van der Waals surface area contributed by atoms with E-state index in [1.165, 1.54) is 14.5 Å². The van der Waals surface area contributed by atoms with Crippen molar-refractivity contribution >= 4 is 11.8 Å². The summed E-state index contributed by atoms with van der Waals surface area (Å²) in [4.78, 5) is 14.0. The van der Waals surface area contributed by atoms with E-state index >= 15 is 0 Å². The monoisotopic (exact) mass is 309 g/mol. The number of likely N-dealkylation sites (N-methyl/N-ethyl adjacent to an activating group) is 1. The first-order valence-electron chi connectivity index (χ1n) is 6.95. The average molecular weight is 309 g/mol. The van der Waals surface area contributed by atoms with Crippen LogP contribution < -0.4 is 20.6 Å². The van der Waals surface area contributed by atoms with Gasteiger partial charge in [0.05, 0.1) is 13.0 Å². The van der Waals surface area contributed by atoms with Crippen LogP contribution in [0.2, 0.25) is 0 Å². The molecule has 1 aliphatic heterocycles. The quantitative estimate of drug-likeness (QED) is 0.507. The molecular formula is C11H17N8O3+. The number of carboxylic acid groups (broad SMARTS) is 1. The van der Waals surface area contributed by atoms with Crippen LogP contribution in [-0.4, -0.2) is 64.5 Å². The summed E-state index contributed by atoms with van der Waals surface area (Å²) in [6.07, 6.45) is 0. The Kier molecular flexibility index (Phi) is 3.73. The molecule has 0 bridgehead atoms. The summed E-state index contributed by atoms with van der Waals surface area (Å²) in [5.41, 5.74) is 5.83. The number of carbonyl (C=O) groups excluding carboxylic acids is 1. The summed E-state index contributed by atoms with van der Waals surface area (Å²) in [5, 5.41) is 25.8. The standard InChI is InChI=1S/C11H16N8O3/c1-17-2-4-18(5-3-17)6-7-8(11(20)21)13-16-19(7)10-9(12)14-22-15-10/h2-6H2,1H3,(H2,12,14)(H,20,21)/p+1. The summed E-state index contributed by atoms with van der Waals surface area (Å²) in [7, 11) is 2.14. The molecule has 11 heteroatoms. The molecule has 11 nitrogen and oxygen atoms in total. The third kappa shape index (κ3) is 2.63. The van der Waals surface area contributed by atoms with E-state index in [9.17, 15) is 9.90 Å². The van der Waals surface area contributed by atoms with E-state index in [4.69, 9.17) is 5.73 Å². The lowest BCUT2D eigenvalue weighted by Gasteiger charge is -2.27. The molecule has 2 aromatic rings. The normalized spacial score (nSPS) is 21.9. The van der Waals surface area contributed by atoms with Gasteiger partial charge in [0, 0.05) is 0 Å². The van der Waals surface area contributed by atoms with Crippen molar-refractivity contribution in [2.75, 3.05) is 39.0 Å². The van der Waals surface area contributed by atoms with Gasteiger partial charge < -0.3 is 25.4 Å². The van der Waals surface area contributed by atoms with Crippen molar-refractivity contribution in [2.45, 2.75) is 6.54 Å². The van der Waals surface area contributed by atoms with Gasteiger partial charge in [0.15, 0.2) is 0 Å². The molecule has 2 aromatic heterocycles. The Bertz CT molecular complexity index is 673. The van der Waals surface area contributed by atoms with Gasteiger partial charge in [-0.15, -0.1) is 5.10 Å². The van der Waals surface area contributed by atoms with Gasteiger partial charge in [-0.1, -0.05) is 5.21 Å². The van der Waals surface area contributed by atoms with Crippen molar-refractivity contribution in [3.63, 3.8) is 0 Å². The lowest BCUT2D eigenvalue weighted by atomic mass is 10.2. The van der Waals surface area contributed by atoms with Gasteiger partial charge in [-0.05, 0) is 10.3 Å². The number of hydrogen-bond acceptors (Lipinski definition) is 8. The number of carboxylic acids is 1. The first-order chi connectivity index (χ1) is 10.6. The van der Waals surface area contributed by atoms with Crippen LogP contribution in [-0.2, 0) is 6.54 Å². The zero-order valence-corrected chi connectivity index (χ0v) is 12.1. The van der Waals surface area contributed by atoms with Crippen molar-refractivity contribution in [3.05, 3.63) is 11.4 Å². The van der Waals surface area contributed by atoms with E-state index in [-0.39, 0.29) is 17.3 Å². The molecule has 0 aromatic carbocycles. The minimum absolute atomic E-state index is 0.0221. The third-order valence-electron chi connectivity index (χ3n) is 3.88. The van der Waals surface area contributed by atoms with Gasteiger partial charge in [-0.2, -0.15) is 4.68 Å². The van der Waals surface area contributed by atoms with E-state index < -0.39 is 5.97 Å². The maximum atomic E-state index is 11.3. The number of piperazine rings is 1. The molecule has 0 amide bonds. The highest BCUT2D eigenvalue weighted by Gasteiger charge is 2.26. The highest BCUT2D eigenvalue weighted by molar-refractivity contribution is 5.84. The van der Waals surface area contributed by atoms with Crippen LogP contribution in [0.25, 0.3) is 5.82 Å². The predicted molar refractivity (Wildman–Crippen MR) is 69.0 cm³/mol. The Balaban J connectivity index is 1.92. The van der Waals surface area contributed by atoms with Crippen LogP contribution >= 0.6 is 0 Å². The molecule has 3 heterocycles. The number of nitrogens with zero attached hydrogens (tertiary/aromatic N) is 5. The van der Waals surface area contributed by atoms with E-state index in [1.54, 1.807) is 0 Å². The SMILES string of the molecule is C[NH+]1CC[NH+](Cc2c(C(=O)[O-])nnn2-c2nonc2N)CC1. The minimum Gasteiger partial charge on any atom is -0.543 e. The lowest BCUT2D eigenvalue weighted by Crippen LogP contribution is -3.26. The molecule has 0 atom stereocenters. The fourth-order valence-corrected chi connectivity index (χ4v) is 2.57. The Hall–Kier alpha value is -2.53. The van der Waals surface area contributed by atoms with Crippen molar-refractivity contribution in [2.24, 2.45) is 0 Å². The number of nitrogens with two attached hydrogens (primary N) is 1. The van der Waals surface area contributed by atoms with Crippen molar-refractivity contribution < 1.29 is 24.3 Å². The molecule has 22 heavy (non-hydrogen) atoms. The summed E-state index contributed by atoms with van der Waals surface area (Å²) < 4.78 is 5.80. The molecule has 0 spiro atoms. The van der Waals surface area contributed by atoms with Crippen LogP contribution in [0.3, 0.4) is 0 Å². The second-order valence-electron chi connectivity index (χ2n) is 5.44. The maximum absolute atomic E-state index is 11.3. The molecule has 0 saturated carbocycles. The van der Waals surface area contributed by atoms with Crippen molar-refractivity contribution in [3.8, 4) is 5.82 Å². The first-order valence-corrected chi connectivity index (χ1v) is 6.95. The van der Waals surface area contributed by atoms with E-state index in [0.717, 1.165) is 26.2 Å². The van der Waals surface area contributed by atoms with Gasteiger partial charge in [-0.25, -0.2) is 4.63 Å². The Morgan fingerprint density at radius 3 is 2.68 bits per heavy atom. The lowest BCUT2D eigenvalue weighted by molar-refractivity contribution is -1.01. The number of aromatic carboxylic acids is 1. The number of aromatic nitrogens is 5. The number of rotatable bonds is 4. The molecule has 1 saturated heterocycles. The van der Waals surface area contributed by atoms with Gasteiger partial charge in [-0.3, -0.25) is 0 Å². The molecule has 0 unspecified atom stereocenters. The summed E-state index contributed by atoms with van der Waals surface area (Å²) in [5.74, 6) is -1.22. The molecule has 1 aliphatic rings. The number of nitrogen functional groups attached to an aromatic ring is 1. The van der Waals surface area contributed by atoms with Crippen LogP contribution in [0.5, 0.6) is 0 Å². The third-order valence-corrected chi connectivity index (χ3v) is 3.88. The largest absolute Gasteiger partial charge is 0.543 e. The van der Waals surface area contributed by atoms with Crippen molar-refractivity contribution in [1.82, 2.24) is 25.3 Å². The molecular weight excluding hydrogens is 292 g/mol. The zero-order chi connectivity index (χ0) is 15.7. The minimum atomic E-state index is -1.38. The Labute approximate surface area is 125 Å². The van der Waals surface area contributed by atoms with Gasteiger partial charge >= 0.3 is 0 Å². The molecule has 0 aliphatic carbocycles. The molecule has 4 N–H and O–H groups in total. The smallest absolute Gasteiger partial charge is 0.243 e. The zero-order valence-electron chi connectivity index (χ0n) is 12.1. The van der Waals surface area contributed by atoms with Crippen LogP contribution in [0.15, 0.2) is 4.63 Å². The first kappa shape index (κ1) is 14.4. The van der Waals surface area contributed by atoms with Crippen LogP contribution in [0.1, 0.15) is 16.2 Å². The summed E-state index contributed by atoms with van der Waals surface area (Å²) in [6, 6.07) is 0. The van der Waals surface area contributed by atoms with E-state index in [2.05, 4.69) is 32.3 Å². The fourth-order valence-electron chi connectivity index (χ4n) is 2.57. The number of hydrogen-bond donors (Lipinski definition) is 3. The Morgan fingerprint density at radius 1 is 1.36 bits per heavy atom. The second kappa shape index (κ2) is 5.69. The molecule has 0 radical (unpaired) electrons. The highest BCUT2D eigenvalue weighted by Crippen LogP contribution is 2.14. The van der Waals surface area contributed by atoms with Crippen LogP contribution in [0, 0.1) is 0 Å². The second-order valence-corrected chi connectivity index (χ2v) is 5.44. The number of quaternary nitrogens is 2.